The molecule has 0 N–H and O–H groups in total. The van der Waals surface area contributed by atoms with E-state index in [1.54, 1.807) is 29.7 Å². The summed E-state index contributed by atoms with van der Waals surface area (Å²) in [5, 5.41) is 5.93. The second kappa shape index (κ2) is 16.6. The van der Waals surface area contributed by atoms with Gasteiger partial charge in [-0.25, -0.2) is 4.98 Å². The van der Waals surface area contributed by atoms with Crippen LogP contribution in [0.5, 0.6) is 0 Å². The number of halogens is 1. The third-order valence-corrected chi connectivity index (χ3v) is 16.3. The molecule has 299 valence electrons. The Balaban J connectivity index is 0.000000167. The zero-order valence-electron chi connectivity index (χ0n) is 36.5. The predicted octanol–water partition coefficient (Wildman–Crippen LogP) is 13.8. The van der Waals surface area contributed by atoms with E-state index in [2.05, 4.69) is 130 Å². The fourth-order valence-corrected chi connectivity index (χ4v) is 11.9. The zero-order valence-corrected chi connectivity index (χ0v) is 38.8. The van der Waals surface area contributed by atoms with Crippen molar-refractivity contribution in [2.24, 2.45) is 0 Å². The van der Waals surface area contributed by atoms with Crippen LogP contribution in [0.2, 0.25) is 17.3 Å². The van der Waals surface area contributed by atoms with Crippen LogP contribution in [0, 0.1) is 24.8 Å². The monoisotopic (exact) mass is 1050 g/mol. The fraction of sp³-hybridized carbons (Fsp3) is 0.0755. The molecule has 0 aliphatic heterocycles. The van der Waals surface area contributed by atoms with Gasteiger partial charge in [-0.2, -0.15) is 11.3 Å². The molecule has 0 saturated heterocycles. The molecular formula is C53H39FGeIrN4S-2. The van der Waals surface area contributed by atoms with E-state index in [1.807, 2.05) is 48.5 Å². The largest absolute Gasteiger partial charge is 0.333 e. The molecule has 1 radical (unpaired) electrons. The molecule has 0 unspecified atom stereocenters. The van der Waals surface area contributed by atoms with Crippen LogP contribution in [0.1, 0.15) is 9.68 Å². The Morgan fingerprint density at radius 1 is 0.705 bits per heavy atom. The van der Waals surface area contributed by atoms with Gasteiger partial charge in [0.15, 0.2) is 0 Å². The standard InChI is InChI=1S/C32H18N3S.C21H21FGeN.Ir/c1-3-12-22-20(9-1)11-7-18-28(22)35-29-17-6-5-16-27(29)33-31(35)24-14-8-13-23-25-19-21-10-2-4-15-26(21)34-32(25)36-30(23)24;1-15-12-21(24-14-20(15)23(2,3)4)17-10-11-19(22)18(13-17)16-8-6-5-7-9-16;/h1-13,15-19H;5-9,11-14H,1-4H3;/q2*-1;/i;1D3;. The fourth-order valence-electron chi connectivity index (χ4n) is 7.94. The van der Waals surface area contributed by atoms with Crippen molar-refractivity contribution in [3.05, 3.63) is 187 Å². The number of para-hydroxylation sites is 3. The number of benzene rings is 7. The van der Waals surface area contributed by atoms with Crippen LogP contribution in [-0.4, -0.2) is 32.8 Å². The zero-order chi connectivity index (χ0) is 43.5. The molecule has 11 aromatic rings. The average molecular weight is 1050 g/mol. The first-order valence-electron chi connectivity index (χ1n) is 21.3. The molecule has 0 atom stereocenters. The summed E-state index contributed by atoms with van der Waals surface area (Å²) in [6.45, 7) is -2.21. The number of imidazole rings is 1. The maximum absolute atomic E-state index is 14.3. The molecule has 0 amide bonds. The number of nitrogens with zero attached hydrogens (tertiary/aromatic N) is 4. The number of pyridine rings is 2. The van der Waals surface area contributed by atoms with E-state index in [0.717, 1.165) is 58.5 Å². The van der Waals surface area contributed by atoms with Gasteiger partial charge >= 0.3 is 150 Å². The molecule has 4 nitrogen and oxygen atoms in total. The van der Waals surface area contributed by atoms with Gasteiger partial charge in [0.05, 0.1) is 22.4 Å². The Hall–Kier alpha value is -5.83. The molecule has 11 rings (SSSR count). The summed E-state index contributed by atoms with van der Waals surface area (Å²) in [4.78, 5) is 15.7. The quantitative estimate of drug-likeness (QED) is 0.127. The summed E-state index contributed by atoms with van der Waals surface area (Å²) in [7, 11) is 0. The number of hydrogen-bond acceptors (Lipinski definition) is 4. The Labute approximate surface area is 378 Å². The Morgan fingerprint density at radius 2 is 1.44 bits per heavy atom. The number of aryl methyl sites for hydroxylation is 1. The molecule has 0 bridgehead atoms. The molecule has 8 heteroatoms. The van der Waals surface area contributed by atoms with Gasteiger partial charge in [-0.1, -0.05) is 77.7 Å². The van der Waals surface area contributed by atoms with Crippen molar-refractivity contribution in [2.45, 2.75) is 24.1 Å². The first-order chi connectivity index (χ1) is 30.4. The van der Waals surface area contributed by atoms with Gasteiger partial charge in [-0.05, 0) is 40.4 Å². The van der Waals surface area contributed by atoms with Crippen LogP contribution in [0.3, 0.4) is 0 Å². The molecule has 61 heavy (non-hydrogen) atoms. The molecule has 0 saturated carbocycles. The topological polar surface area (TPSA) is 43.6 Å². The van der Waals surface area contributed by atoms with Crippen molar-refractivity contribution in [3.8, 4) is 39.5 Å². The van der Waals surface area contributed by atoms with Crippen molar-refractivity contribution < 1.29 is 28.6 Å². The van der Waals surface area contributed by atoms with Crippen molar-refractivity contribution in [3.63, 3.8) is 0 Å². The van der Waals surface area contributed by atoms with E-state index in [0.29, 0.717) is 22.4 Å². The molecule has 4 aromatic heterocycles. The first kappa shape index (κ1) is 37.0. The van der Waals surface area contributed by atoms with E-state index in [-0.39, 0.29) is 25.9 Å². The minimum absolute atomic E-state index is 0. The van der Waals surface area contributed by atoms with Crippen LogP contribution in [-0.2, 0) is 20.1 Å². The summed E-state index contributed by atoms with van der Waals surface area (Å²) in [5.41, 5.74) is 7.80. The molecule has 4 heterocycles. The molecule has 0 aliphatic carbocycles. The number of fused-ring (bicyclic) bond motifs is 6. The van der Waals surface area contributed by atoms with Gasteiger partial charge in [0.25, 0.3) is 0 Å². The second-order valence-electron chi connectivity index (χ2n) is 15.8. The average Bonchev–Trinajstić information content (AvgIpc) is 3.86. The summed E-state index contributed by atoms with van der Waals surface area (Å²) < 4.78 is 42.4. The Kier molecular flexibility index (Phi) is 10.0. The minimum atomic E-state index is -2.41. The SMILES string of the molecule is [2H]C([2H])([2H])c1cc(-c2[c-]cc(F)c(-c3ccccc3)c2)nc[c]1[Ge]([CH3])([CH3])[CH3].[Ir].[c-]1ccc2c(sc3nc4ccccc4cc32)c1-c1nc2ccccc2n1-c1cccc2ccccc12. The van der Waals surface area contributed by atoms with Crippen LogP contribution in [0.15, 0.2) is 164 Å². The maximum atomic E-state index is 14.3. The molecule has 0 spiro atoms. The molecular weight excluding hydrogens is 1010 g/mol. The van der Waals surface area contributed by atoms with Gasteiger partial charge < -0.3 is 4.57 Å². The third kappa shape index (κ3) is 7.61. The summed E-state index contributed by atoms with van der Waals surface area (Å²) in [6.07, 6.45) is 1.69. The van der Waals surface area contributed by atoms with Gasteiger partial charge in [-0.3, -0.25) is 4.98 Å². The smallest absolute Gasteiger partial charge is 0.114 e. The van der Waals surface area contributed by atoms with Gasteiger partial charge in [0.1, 0.15) is 4.83 Å². The van der Waals surface area contributed by atoms with E-state index in [4.69, 9.17) is 14.1 Å². The number of aromatic nitrogens is 4. The van der Waals surface area contributed by atoms with Crippen molar-refractivity contribution >= 4 is 82.0 Å². The normalized spacial score (nSPS) is 12.5. The minimum Gasteiger partial charge on any atom is -0.333 e. The maximum Gasteiger partial charge on any atom is 0.114 e. The van der Waals surface area contributed by atoms with Crippen LogP contribution < -0.4 is 4.40 Å². The molecule has 0 fully saturated rings. The Morgan fingerprint density at radius 3 is 2.26 bits per heavy atom. The van der Waals surface area contributed by atoms with E-state index in [1.165, 1.54) is 27.6 Å². The number of thiophene rings is 1. The van der Waals surface area contributed by atoms with Crippen molar-refractivity contribution in [2.75, 3.05) is 0 Å². The van der Waals surface area contributed by atoms with Crippen molar-refractivity contribution in [1.29, 1.82) is 0 Å². The molecule has 7 aromatic carbocycles. The van der Waals surface area contributed by atoms with E-state index >= 15 is 0 Å². The summed E-state index contributed by atoms with van der Waals surface area (Å²) >= 11 is -0.691. The van der Waals surface area contributed by atoms with Crippen molar-refractivity contribution in [1.82, 2.24) is 19.5 Å². The summed E-state index contributed by atoms with van der Waals surface area (Å²) in [6, 6.07) is 58.3. The van der Waals surface area contributed by atoms with Gasteiger partial charge in [0, 0.05) is 42.0 Å². The number of rotatable bonds is 5. The van der Waals surface area contributed by atoms with Crippen LogP contribution >= 0.6 is 11.3 Å². The number of hydrogen-bond donors (Lipinski definition) is 0. The predicted molar refractivity (Wildman–Crippen MR) is 253 cm³/mol. The molecule has 0 aliphatic rings. The first-order valence-corrected chi connectivity index (χ1v) is 27.9. The second-order valence-corrected chi connectivity index (χ2v) is 27.4. The van der Waals surface area contributed by atoms with Crippen LogP contribution in [0.4, 0.5) is 4.39 Å². The third-order valence-electron chi connectivity index (χ3n) is 10.9. The van der Waals surface area contributed by atoms with Gasteiger partial charge in [0.2, 0.25) is 0 Å². The summed E-state index contributed by atoms with van der Waals surface area (Å²) in [5.74, 6) is 6.95. The van der Waals surface area contributed by atoms with E-state index < -0.39 is 20.1 Å². The van der Waals surface area contributed by atoms with E-state index in [9.17, 15) is 4.39 Å². The van der Waals surface area contributed by atoms with Gasteiger partial charge in [-0.15, -0.1) is 18.2 Å². The van der Waals surface area contributed by atoms with Crippen LogP contribution in [0.25, 0.3) is 92.5 Å². The Bertz CT molecular complexity index is 3520.